The van der Waals surface area contributed by atoms with Crippen LogP contribution in [0.15, 0.2) is 34.7 Å². The molecule has 0 aliphatic carbocycles. The number of imide groups is 1. The summed E-state index contributed by atoms with van der Waals surface area (Å²) in [6.45, 7) is 5.65. The molecule has 3 rings (SSSR count). The van der Waals surface area contributed by atoms with Crippen molar-refractivity contribution in [3.05, 3.63) is 36.1 Å². The number of rotatable bonds is 9. The molecule has 1 aromatic heterocycles. The van der Waals surface area contributed by atoms with E-state index in [1.54, 1.807) is 19.1 Å². The maximum atomic E-state index is 13.8. The van der Waals surface area contributed by atoms with Gasteiger partial charge in [0, 0.05) is 29.4 Å². The lowest BCUT2D eigenvalue weighted by Gasteiger charge is -2.40. The summed E-state index contributed by atoms with van der Waals surface area (Å²) in [4.78, 5) is 51.0. The van der Waals surface area contributed by atoms with Crippen LogP contribution in [-0.2, 0) is 9.59 Å². The van der Waals surface area contributed by atoms with Gasteiger partial charge >= 0.3 is 12.0 Å². The third-order valence-electron chi connectivity index (χ3n) is 7.00. The average Bonchev–Trinajstić information content (AvgIpc) is 3.38. The second-order valence-electron chi connectivity index (χ2n) is 8.55. The second kappa shape index (κ2) is 9.58. The number of carbonyl (C=O) groups is 4. The smallest absolute Gasteiger partial charge is 0.453 e. The molecule has 8 heteroatoms. The topological polar surface area (TPSA) is 102 Å². The van der Waals surface area contributed by atoms with Crippen LogP contribution in [0.1, 0.15) is 63.4 Å². The first kappa shape index (κ1) is 24.2. The van der Waals surface area contributed by atoms with Crippen molar-refractivity contribution in [2.75, 3.05) is 6.54 Å². The van der Waals surface area contributed by atoms with E-state index >= 15 is 0 Å². The van der Waals surface area contributed by atoms with Gasteiger partial charge in [-0.25, -0.2) is 4.79 Å². The quantitative estimate of drug-likeness (QED) is 0.307. The predicted molar refractivity (Wildman–Crippen MR) is 123 cm³/mol. The number of para-hydroxylation sites is 1. The van der Waals surface area contributed by atoms with Crippen LogP contribution in [0.2, 0.25) is 0 Å². The van der Waals surface area contributed by atoms with Gasteiger partial charge in [-0.3, -0.25) is 9.59 Å². The number of benzene rings is 1. The van der Waals surface area contributed by atoms with Crippen LogP contribution in [0.25, 0.3) is 11.0 Å². The number of quaternary nitrogens is 1. The number of amides is 2. The summed E-state index contributed by atoms with van der Waals surface area (Å²) in [7, 11) is 0. The second-order valence-corrected chi connectivity index (χ2v) is 9.79. The minimum atomic E-state index is -1.16. The van der Waals surface area contributed by atoms with Gasteiger partial charge in [0.15, 0.2) is 17.2 Å². The Morgan fingerprint density at radius 1 is 1.31 bits per heavy atom. The standard InChI is InChI=1S/C24H29NO6S/c1-4-18(22(28)25(23(29)30)12-8-9-16(25)3)24(5-2,32-15-26)14-19(27)21-13-17-10-6-7-11-20(17)31-21/h6-7,10-11,13,15-16,18H,4-5,8-9,12,14H2,1-3H3/p+1/t16-,18?,24?,25?/m1/s1. The zero-order chi connectivity index (χ0) is 23.5. The minimum Gasteiger partial charge on any atom is -0.453 e. The van der Waals surface area contributed by atoms with Crippen molar-refractivity contribution in [1.29, 1.82) is 0 Å². The molecule has 7 nitrogen and oxygen atoms in total. The summed E-state index contributed by atoms with van der Waals surface area (Å²) in [6, 6.07) is 8.60. The summed E-state index contributed by atoms with van der Waals surface area (Å²) in [5.74, 6) is -1.32. The molecule has 32 heavy (non-hydrogen) atoms. The monoisotopic (exact) mass is 460 g/mol. The molecule has 1 saturated heterocycles. The van der Waals surface area contributed by atoms with Crippen LogP contribution in [0.3, 0.4) is 0 Å². The minimum absolute atomic E-state index is 0.0923. The fourth-order valence-electron chi connectivity index (χ4n) is 5.11. The van der Waals surface area contributed by atoms with Crippen LogP contribution in [0.4, 0.5) is 4.79 Å². The summed E-state index contributed by atoms with van der Waals surface area (Å²) in [6.07, 6.45) is 0.731. The van der Waals surface area contributed by atoms with E-state index in [9.17, 15) is 24.3 Å². The molecule has 1 aromatic carbocycles. The zero-order valence-electron chi connectivity index (χ0n) is 18.7. The van der Waals surface area contributed by atoms with Gasteiger partial charge in [-0.05, 0) is 31.9 Å². The Morgan fingerprint density at radius 2 is 2.03 bits per heavy atom. The van der Waals surface area contributed by atoms with Gasteiger partial charge in [0.05, 0.1) is 12.5 Å². The molecule has 2 amide bonds. The van der Waals surface area contributed by atoms with E-state index in [0.29, 0.717) is 36.9 Å². The first-order chi connectivity index (χ1) is 15.3. The SMILES string of the molecule is CCC(C(=O)[N+]1(C(=O)O)CCC[C@H]1C)C(CC)(CC(=O)c1cc2ccccc2o1)SC=O. The van der Waals surface area contributed by atoms with E-state index in [1.165, 1.54) is 0 Å². The third-order valence-corrected chi connectivity index (χ3v) is 8.29. The molecule has 0 saturated carbocycles. The number of hydrogen-bond acceptors (Lipinski definition) is 6. The Kier molecular flexibility index (Phi) is 7.25. The Labute approximate surface area is 191 Å². The number of thioether (sulfide) groups is 1. The van der Waals surface area contributed by atoms with E-state index in [4.69, 9.17) is 4.42 Å². The predicted octanol–water partition coefficient (Wildman–Crippen LogP) is 5.31. The largest absolute Gasteiger partial charge is 0.521 e. The molecule has 0 radical (unpaired) electrons. The Morgan fingerprint density at radius 3 is 2.56 bits per heavy atom. The first-order valence-corrected chi connectivity index (χ1v) is 11.9. The van der Waals surface area contributed by atoms with Crippen LogP contribution < -0.4 is 0 Å². The van der Waals surface area contributed by atoms with E-state index in [-0.39, 0.29) is 30.6 Å². The fraction of sp³-hybridized carbons (Fsp3) is 0.500. The first-order valence-electron chi connectivity index (χ1n) is 11.0. The number of furan rings is 1. The van der Waals surface area contributed by atoms with Crippen LogP contribution in [-0.4, -0.2) is 50.3 Å². The zero-order valence-corrected chi connectivity index (χ0v) is 19.5. The number of ketones is 1. The van der Waals surface area contributed by atoms with Gasteiger partial charge in [0.25, 0.3) is 0 Å². The average molecular weight is 461 g/mol. The van der Waals surface area contributed by atoms with Gasteiger partial charge in [-0.1, -0.05) is 43.8 Å². The summed E-state index contributed by atoms with van der Waals surface area (Å²) >= 11 is 0.918. The van der Waals surface area contributed by atoms with E-state index in [1.807, 2.05) is 32.0 Å². The maximum absolute atomic E-state index is 13.8. The number of fused-ring (bicyclic) bond motifs is 1. The van der Waals surface area contributed by atoms with Gasteiger partial charge in [-0.15, -0.1) is 0 Å². The molecular formula is C24H30NO6S+. The molecule has 1 aliphatic heterocycles. The summed E-state index contributed by atoms with van der Waals surface area (Å²) in [5.41, 5.74) is 1.24. The van der Waals surface area contributed by atoms with Gasteiger partial charge in [0.1, 0.15) is 11.6 Å². The molecule has 172 valence electrons. The van der Waals surface area contributed by atoms with Crippen molar-refractivity contribution >= 4 is 46.1 Å². The highest BCUT2D eigenvalue weighted by atomic mass is 32.2. The van der Waals surface area contributed by atoms with Crippen molar-refractivity contribution in [3.8, 4) is 0 Å². The van der Waals surface area contributed by atoms with Crippen molar-refractivity contribution in [2.24, 2.45) is 5.92 Å². The van der Waals surface area contributed by atoms with Crippen molar-refractivity contribution in [3.63, 3.8) is 0 Å². The molecule has 0 bridgehead atoms. The van der Waals surface area contributed by atoms with Gasteiger partial charge < -0.3 is 9.52 Å². The van der Waals surface area contributed by atoms with E-state index in [2.05, 4.69) is 0 Å². The number of carbonyl (C=O) groups excluding carboxylic acids is 3. The Bertz CT molecular complexity index is 999. The molecule has 4 atom stereocenters. The van der Waals surface area contributed by atoms with Crippen LogP contribution >= 0.6 is 11.8 Å². The number of Topliss-reactive ketones (excluding diaryl/α,β-unsaturated/α-hetero) is 1. The summed E-state index contributed by atoms with van der Waals surface area (Å²) in [5, 5.41) is 10.8. The number of hydrogen-bond donors (Lipinski definition) is 1. The van der Waals surface area contributed by atoms with Crippen molar-refractivity contribution in [1.82, 2.24) is 0 Å². The highest BCUT2D eigenvalue weighted by Gasteiger charge is 2.59. The lowest BCUT2D eigenvalue weighted by molar-refractivity contribution is -0.794. The lowest BCUT2D eigenvalue weighted by atomic mass is 9.81. The molecule has 2 aromatic rings. The van der Waals surface area contributed by atoms with Crippen molar-refractivity contribution in [2.45, 2.75) is 63.7 Å². The highest BCUT2D eigenvalue weighted by Crippen LogP contribution is 2.45. The molecule has 1 N–H and O–H groups in total. The third kappa shape index (κ3) is 4.01. The molecule has 0 spiro atoms. The van der Waals surface area contributed by atoms with Crippen molar-refractivity contribution < 1.29 is 33.2 Å². The van der Waals surface area contributed by atoms with Gasteiger partial charge in [-0.2, -0.15) is 9.28 Å². The molecule has 1 fully saturated rings. The number of nitrogens with zero attached hydrogens (tertiary/aromatic N) is 1. The van der Waals surface area contributed by atoms with E-state index in [0.717, 1.165) is 17.1 Å². The molecule has 1 aliphatic rings. The fourth-order valence-corrected chi connectivity index (χ4v) is 6.11. The molecular weight excluding hydrogens is 430 g/mol. The Balaban J connectivity index is 2.00. The van der Waals surface area contributed by atoms with E-state index < -0.39 is 27.1 Å². The highest BCUT2D eigenvalue weighted by molar-refractivity contribution is 8.13. The number of carboxylic acid groups (broad SMARTS) is 1. The summed E-state index contributed by atoms with van der Waals surface area (Å²) < 4.78 is 4.03. The van der Waals surface area contributed by atoms with Gasteiger partial charge in [0.2, 0.25) is 0 Å². The Hall–Kier alpha value is -2.45. The lowest BCUT2D eigenvalue weighted by Crippen LogP contribution is -2.63. The molecule has 2 heterocycles. The van der Waals surface area contributed by atoms with Crippen LogP contribution in [0.5, 0.6) is 0 Å². The normalized spacial score (nSPS) is 23.5. The number of likely N-dealkylation sites (tertiary alicyclic amines) is 1. The maximum Gasteiger partial charge on any atom is 0.521 e. The van der Waals surface area contributed by atoms with Crippen LogP contribution in [0, 0.1) is 5.92 Å². The molecule has 3 unspecified atom stereocenters.